The molecule has 1 saturated heterocycles. The van der Waals surface area contributed by atoms with Crippen molar-refractivity contribution in [3.05, 3.63) is 65.7 Å². The molecule has 0 unspecified atom stereocenters. The van der Waals surface area contributed by atoms with E-state index in [0.717, 1.165) is 37.2 Å². The Morgan fingerprint density at radius 3 is 2.55 bits per heavy atom. The zero-order valence-electron chi connectivity index (χ0n) is 17.9. The van der Waals surface area contributed by atoms with Crippen LogP contribution in [0.1, 0.15) is 50.8 Å². The molecule has 3 nitrogen and oxygen atoms in total. The van der Waals surface area contributed by atoms with Crippen LogP contribution in [0.15, 0.2) is 54.6 Å². The average Bonchev–Trinajstić information content (AvgIpc) is 2.68. The molecule has 3 atom stereocenters. The van der Waals surface area contributed by atoms with Crippen LogP contribution in [0, 0.1) is 17.8 Å². The molecule has 2 aliphatic heterocycles. The van der Waals surface area contributed by atoms with Gasteiger partial charge >= 0.3 is 0 Å². The fourth-order valence-electron chi connectivity index (χ4n) is 4.57. The van der Waals surface area contributed by atoms with Crippen LogP contribution >= 0.6 is 0 Å². The van der Waals surface area contributed by atoms with Crippen molar-refractivity contribution in [1.29, 1.82) is 0 Å². The third-order valence-electron chi connectivity index (χ3n) is 6.17. The van der Waals surface area contributed by atoms with Gasteiger partial charge in [0.25, 0.3) is 0 Å². The van der Waals surface area contributed by atoms with E-state index < -0.39 is 5.60 Å². The van der Waals surface area contributed by atoms with Crippen LogP contribution in [0.4, 0.5) is 0 Å². The standard InChI is InChI=1S/C26H31NO2/c1-25(2)22-15-17-26(3,29-24(22)21-13-8-9-14-23(21)28-25)16-10-18-27(4)19-20-11-6-5-7-12-20/h5-9,11-14,22,24H,15,17-19H2,1-4H3/t22-,24-,26-/m0/s1. The van der Waals surface area contributed by atoms with E-state index in [1.807, 2.05) is 18.2 Å². The van der Waals surface area contributed by atoms with Gasteiger partial charge < -0.3 is 9.47 Å². The molecular weight excluding hydrogens is 358 g/mol. The average molecular weight is 390 g/mol. The summed E-state index contributed by atoms with van der Waals surface area (Å²) in [6.45, 7) is 8.12. The van der Waals surface area contributed by atoms with Crippen LogP contribution in [0.3, 0.4) is 0 Å². The molecule has 152 valence electrons. The summed E-state index contributed by atoms with van der Waals surface area (Å²) in [6.07, 6.45) is 2.01. The van der Waals surface area contributed by atoms with Crippen LogP contribution < -0.4 is 4.74 Å². The van der Waals surface area contributed by atoms with Crippen LogP contribution in [0.2, 0.25) is 0 Å². The largest absolute Gasteiger partial charge is 0.487 e. The van der Waals surface area contributed by atoms with Gasteiger partial charge in [-0.05, 0) is 52.3 Å². The smallest absolute Gasteiger partial charge is 0.126 e. The lowest BCUT2D eigenvalue weighted by Gasteiger charge is -2.50. The molecule has 4 rings (SSSR count). The summed E-state index contributed by atoms with van der Waals surface area (Å²) < 4.78 is 13.0. The normalized spacial score (nSPS) is 27.2. The Balaban J connectivity index is 1.46. The topological polar surface area (TPSA) is 21.7 Å². The van der Waals surface area contributed by atoms with Crippen LogP contribution in [0.25, 0.3) is 0 Å². The molecule has 0 aliphatic carbocycles. The number of nitrogens with zero attached hydrogens (tertiary/aromatic N) is 1. The quantitative estimate of drug-likeness (QED) is 0.672. The number of rotatable bonds is 3. The highest BCUT2D eigenvalue weighted by atomic mass is 16.5. The predicted octanol–water partition coefficient (Wildman–Crippen LogP) is 5.22. The Morgan fingerprint density at radius 1 is 1.03 bits per heavy atom. The van der Waals surface area contributed by atoms with Crippen molar-refractivity contribution < 1.29 is 9.47 Å². The summed E-state index contributed by atoms with van der Waals surface area (Å²) in [7, 11) is 2.11. The van der Waals surface area contributed by atoms with Gasteiger partial charge in [0.2, 0.25) is 0 Å². The maximum atomic E-state index is 6.67. The number of para-hydroxylation sites is 1. The van der Waals surface area contributed by atoms with E-state index in [-0.39, 0.29) is 11.7 Å². The van der Waals surface area contributed by atoms with Gasteiger partial charge in [-0.3, -0.25) is 4.90 Å². The number of benzene rings is 2. The first-order valence-electron chi connectivity index (χ1n) is 10.5. The SMILES string of the molecule is CN(CC#C[C@@]1(C)CC[C@H]2[C@@H](O1)c1ccccc1OC2(C)C)Cc1ccccc1. The van der Waals surface area contributed by atoms with Crippen molar-refractivity contribution in [3.63, 3.8) is 0 Å². The summed E-state index contributed by atoms with van der Waals surface area (Å²) in [5.74, 6) is 8.11. The Morgan fingerprint density at radius 2 is 1.76 bits per heavy atom. The summed E-state index contributed by atoms with van der Waals surface area (Å²) >= 11 is 0. The highest BCUT2D eigenvalue weighted by Crippen LogP contribution is 2.52. The van der Waals surface area contributed by atoms with Gasteiger partial charge in [0.05, 0.1) is 12.6 Å². The number of fused-ring (bicyclic) bond motifs is 3. The van der Waals surface area contributed by atoms with Gasteiger partial charge in [-0.2, -0.15) is 0 Å². The Bertz CT molecular complexity index is 911. The lowest BCUT2D eigenvalue weighted by Crippen LogP contribution is -2.50. The lowest BCUT2D eigenvalue weighted by molar-refractivity contribution is -0.169. The van der Waals surface area contributed by atoms with E-state index in [2.05, 4.69) is 81.0 Å². The number of ether oxygens (including phenoxy) is 2. The molecule has 2 aromatic carbocycles. The van der Waals surface area contributed by atoms with Gasteiger partial charge in [0.15, 0.2) is 0 Å². The van der Waals surface area contributed by atoms with Crippen LogP contribution in [-0.4, -0.2) is 29.7 Å². The third-order valence-corrected chi connectivity index (χ3v) is 6.17. The van der Waals surface area contributed by atoms with Gasteiger partial charge in [-0.1, -0.05) is 60.4 Å². The molecule has 1 fully saturated rings. The zero-order chi connectivity index (χ0) is 20.5. The summed E-state index contributed by atoms with van der Waals surface area (Å²) in [5, 5.41) is 0. The molecular formula is C26H31NO2. The zero-order valence-corrected chi connectivity index (χ0v) is 17.9. The highest BCUT2D eigenvalue weighted by molar-refractivity contribution is 5.39. The van der Waals surface area contributed by atoms with Crippen molar-refractivity contribution in [2.75, 3.05) is 13.6 Å². The van der Waals surface area contributed by atoms with Gasteiger partial charge in [0, 0.05) is 18.0 Å². The van der Waals surface area contributed by atoms with E-state index in [9.17, 15) is 0 Å². The Labute approximate surface area is 175 Å². The first-order chi connectivity index (χ1) is 13.9. The highest BCUT2D eigenvalue weighted by Gasteiger charge is 2.49. The molecule has 0 amide bonds. The van der Waals surface area contributed by atoms with Crippen molar-refractivity contribution in [2.45, 2.75) is 57.5 Å². The second kappa shape index (κ2) is 7.86. The van der Waals surface area contributed by atoms with Crippen molar-refractivity contribution in [2.24, 2.45) is 5.92 Å². The molecule has 0 aromatic heterocycles. The predicted molar refractivity (Wildman–Crippen MR) is 117 cm³/mol. The van der Waals surface area contributed by atoms with E-state index in [1.165, 1.54) is 5.56 Å². The van der Waals surface area contributed by atoms with E-state index in [1.54, 1.807) is 0 Å². The third kappa shape index (κ3) is 4.34. The molecule has 0 spiro atoms. The minimum Gasteiger partial charge on any atom is -0.487 e. The minimum atomic E-state index is -0.421. The van der Waals surface area contributed by atoms with E-state index in [4.69, 9.17) is 9.47 Å². The summed E-state index contributed by atoms with van der Waals surface area (Å²) in [6, 6.07) is 18.8. The number of hydrogen-bond acceptors (Lipinski definition) is 3. The lowest BCUT2D eigenvalue weighted by atomic mass is 9.73. The molecule has 3 heteroatoms. The fraction of sp³-hybridized carbons (Fsp3) is 0.462. The van der Waals surface area contributed by atoms with Gasteiger partial charge in [0.1, 0.15) is 17.0 Å². The van der Waals surface area contributed by atoms with Crippen LogP contribution in [0.5, 0.6) is 5.75 Å². The molecule has 29 heavy (non-hydrogen) atoms. The van der Waals surface area contributed by atoms with Crippen LogP contribution in [-0.2, 0) is 11.3 Å². The van der Waals surface area contributed by atoms with Crippen molar-refractivity contribution in [1.82, 2.24) is 4.90 Å². The second-order valence-corrected chi connectivity index (χ2v) is 9.12. The molecule has 0 radical (unpaired) electrons. The molecule has 2 aliphatic rings. The number of hydrogen-bond donors (Lipinski definition) is 0. The fourth-order valence-corrected chi connectivity index (χ4v) is 4.57. The minimum absolute atomic E-state index is 0.0325. The summed E-state index contributed by atoms with van der Waals surface area (Å²) in [5.41, 5.74) is 1.81. The van der Waals surface area contributed by atoms with Gasteiger partial charge in [-0.15, -0.1) is 0 Å². The first kappa shape index (κ1) is 20.0. The Hall–Kier alpha value is -2.28. The maximum Gasteiger partial charge on any atom is 0.126 e. The first-order valence-corrected chi connectivity index (χ1v) is 10.5. The monoisotopic (exact) mass is 389 g/mol. The van der Waals surface area contributed by atoms with Crippen molar-refractivity contribution in [3.8, 4) is 17.6 Å². The van der Waals surface area contributed by atoms with E-state index >= 15 is 0 Å². The molecule has 0 saturated carbocycles. The molecule has 0 N–H and O–H groups in total. The van der Waals surface area contributed by atoms with E-state index in [0.29, 0.717) is 5.92 Å². The maximum absolute atomic E-state index is 6.67. The second-order valence-electron chi connectivity index (χ2n) is 9.12. The molecule has 2 aromatic rings. The Kier molecular flexibility index (Phi) is 5.42. The molecule has 0 bridgehead atoms. The van der Waals surface area contributed by atoms with Crippen molar-refractivity contribution >= 4 is 0 Å². The van der Waals surface area contributed by atoms with Gasteiger partial charge in [-0.25, -0.2) is 0 Å². The summed E-state index contributed by atoms with van der Waals surface area (Å²) in [4.78, 5) is 2.24. The molecule has 2 heterocycles.